The maximum Gasteiger partial charge on any atom is 0.338 e. The molecule has 2 aliphatic heterocycles. The second-order valence-corrected chi connectivity index (χ2v) is 9.76. The molecule has 4 rings (SSSR count). The molecule has 6 nitrogen and oxygen atoms in total. The largest absolute Gasteiger partial charge is 0.462 e. The topological polar surface area (TPSA) is 61.9 Å². The Balaban J connectivity index is 1.23. The van der Waals surface area contributed by atoms with Crippen LogP contribution in [0.3, 0.4) is 0 Å². The lowest BCUT2D eigenvalue weighted by Gasteiger charge is -2.38. The summed E-state index contributed by atoms with van der Waals surface area (Å²) in [5.41, 5.74) is 2.25. The van der Waals surface area contributed by atoms with Gasteiger partial charge in [-0.25, -0.2) is 14.0 Å². The molecule has 1 unspecified atom stereocenters. The van der Waals surface area contributed by atoms with E-state index in [0.29, 0.717) is 29.7 Å². The van der Waals surface area contributed by atoms with Crippen molar-refractivity contribution in [2.75, 3.05) is 44.6 Å². The van der Waals surface area contributed by atoms with E-state index in [4.69, 9.17) is 4.74 Å². The van der Waals surface area contributed by atoms with E-state index in [1.165, 1.54) is 5.56 Å². The van der Waals surface area contributed by atoms with Crippen LogP contribution in [0.15, 0.2) is 48.5 Å². The number of rotatable bonds is 7. The lowest BCUT2D eigenvalue weighted by Crippen LogP contribution is -2.46. The van der Waals surface area contributed by atoms with Crippen LogP contribution in [0.25, 0.3) is 0 Å². The molecule has 2 aliphatic rings. The number of piperidine rings is 2. The van der Waals surface area contributed by atoms with Crippen LogP contribution in [-0.2, 0) is 11.2 Å². The fourth-order valence-corrected chi connectivity index (χ4v) is 5.23. The summed E-state index contributed by atoms with van der Waals surface area (Å²) in [4.78, 5) is 29.3. The van der Waals surface area contributed by atoms with Crippen molar-refractivity contribution in [3.8, 4) is 0 Å². The van der Waals surface area contributed by atoms with Crippen LogP contribution in [-0.4, -0.2) is 61.1 Å². The molecule has 0 aliphatic carbocycles. The third-order valence-electron chi connectivity index (χ3n) is 7.09. The molecule has 2 aromatic carbocycles. The summed E-state index contributed by atoms with van der Waals surface area (Å²) in [5.74, 6) is 0.553. The number of halogens is 1. The maximum absolute atomic E-state index is 13.1. The van der Waals surface area contributed by atoms with Crippen LogP contribution in [0.4, 0.5) is 14.9 Å². The molecule has 0 radical (unpaired) electrons. The number of hydrogen-bond donors (Lipinski definition) is 1. The van der Waals surface area contributed by atoms with Gasteiger partial charge in [-0.3, -0.25) is 0 Å². The van der Waals surface area contributed by atoms with Crippen LogP contribution >= 0.6 is 0 Å². The minimum Gasteiger partial charge on any atom is -0.462 e. The lowest BCUT2D eigenvalue weighted by molar-refractivity contribution is 0.0526. The van der Waals surface area contributed by atoms with E-state index in [1.807, 2.05) is 17.0 Å². The fourth-order valence-electron chi connectivity index (χ4n) is 5.23. The molecule has 7 heteroatoms. The predicted molar refractivity (Wildman–Crippen MR) is 135 cm³/mol. The average molecular weight is 482 g/mol. The van der Waals surface area contributed by atoms with E-state index < -0.39 is 0 Å². The first-order valence-corrected chi connectivity index (χ1v) is 12.8. The van der Waals surface area contributed by atoms with Gasteiger partial charge in [-0.2, -0.15) is 0 Å². The summed E-state index contributed by atoms with van der Waals surface area (Å²) >= 11 is 0. The zero-order chi connectivity index (χ0) is 24.6. The molecule has 35 heavy (non-hydrogen) atoms. The van der Waals surface area contributed by atoms with Gasteiger partial charge in [0.1, 0.15) is 5.82 Å². The van der Waals surface area contributed by atoms with Gasteiger partial charge in [0.25, 0.3) is 0 Å². The highest BCUT2D eigenvalue weighted by molar-refractivity contribution is 5.94. The van der Waals surface area contributed by atoms with Crippen LogP contribution < -0.4 is 5.32 Å². The number of nitrogens with zero attached hydrogens (tertiary/aromatic N) is 2. The second-order valence-electron chi connectivity index (χ2n) is 9.76. The number of carbonyl (C=O) groups excluding carboxylic acids is 2. The number of anilines is 1. The molecule has 2 saturated heterocycles. The number of esters is 1. The zero-order valence-corrected chi connectivity index (χ0v) is 20.5. The lowest BCUT2D eigenvalue weighted by atomic mass is 9.89. The number of benzene rings is 2. The summed E-state index contributed by atoms with van der Waals surface area (Å²) in [7, 11) is 0. The summed E-state index contributed by atoms with van der Waals surface area (Å²) in [6.45, 7) is 6.76. The van der Waals surface area contributed by atoms with Gasteiger partial charge in [0.2, 0.25) is 0 Å². The number of hydrogen-bond acceptors (Lipinski definition) is 4. The van der Waals surface area contributed by atoms with Gasteiger partial charge in [0.05, 0.1) is 12.2 Å². The van der Waals surface area contributed by atoms with Crippen molar-refractivity contribution in [3.05, 3.63) is 65.5 Å². The molecular formula is C28H36FN3O3. The molecule has 2 amide bonds. The first-order chi connectivity index (χ1) is 17.0. The smallest absolute Gasteiger partial charge is 0.338 e. The van der Waals surface area contributed by atoms with Gasteiger partial charge < -0.3 is 19.9 Å². The van der Waals surface area contributed by atoms with Crippen molar-refractivity contribution in [2.45, 2.75) is 39.0 Å². The van der Waals surface area contributed by atoms with E-state index in [0.717, 1.165) is 64.8 Å². The molecule has 0 aromatic heterocycles. The van der Waals surface area contributed by atoms with Gasteiger partial charge in [0.15, 0.2) is 0 Å². The SMILES string of the molecule is CCOC(=O)c1cccc(NC(=O)N2CCCC(CN3CCC(Cc4ccc(F)cc4)CC3)C2)c1. The second kappa shape index (κ2) is 12.2. The van der Waals surface area contributed by atoms with Crippen LogP contribution in [0, 0.1) is 17.7 Å². The summed E-state index contributed by atoms with van der Waals surface area (Å²) in [6, 6.07) is 13.7. The Kier molecular flexibility index (Phi) is 8.74. The molecule has 188 valence electrons. The molecule has 2 aromatic rings. The number of carbonyl (C=O) groups is 2. The van der Waals surface area contributed by atoms with Crippen molar-refractivity contribution in [1.82, 2.24) is 9.80 Å². The molecule has 0 spiro atoms. The number of amides is 2. The summed E-state index contributed by atoms with van der Waals surface area (Å²) in [5, 5.41) is 2.95. The van der Waals surface area contributed by atoms with E-state index >= 15 is 0 Å². The van der Waals surface area contributed by atoms with Crippen molar-refractivity contribution in [1.29, 1.82) is 0 Å². The Bertz CT molecular complexity index is 989. The first kappa shape index (κ1) is 25.2. The maximum atomic E-state index is 13.1. The minimum absolute atomic E-state index is 0.117. The highest BCUT2D eigenvalue weighted by atomic mass is 19.1. The number of ether oxygens (including phenoxy) is 1. The molecule has 0 bridgehead atoms. The van der Waals surface area contributed by atoms with Gasteiger partial charge in [-0.15, -0.1) is 0 Å². The summed E-state index contributed by atoms with van der Waals surface area (Å²) < 4.78 is 18.2. The van der Waals surface area contributed by atoms with E-state index in [9.17, 15) is 14.0 Å². The molecule has 0 saturated carbocycles. The third-order valence-corrected chi connectivity index (χ3v) is 7.09. The Hall–Kier alpha value is -2.93. The molecule has 1 atom stereocenters. The number of likely N-dealkylation sites (tertiary alicyclic amines) is 2. The van der Waals surface area contributed by atoms with Gasteiger partial charge in [0, 0.05) is 25.3 Å². The normalized spacial score (nSPS) is 19.4. The first-order valence-electron chi connectivity index (χ1n) is 12.8. The summed E-state index contributed by atoms with van der Waals surface area (Å²) in [6.07, 6.45) is 5.47. The molecule has 2 fully saturated rings. The highest BCUT2D eigenvalue weighted by Gasteiger charge is 2.27. The van der Waals surface area contributed by atoms with Gasteiger partial charge in [-0.1, -0.05) is 18.2 Å². The fraction of sp³-hybridized carbons (Fsp3) is 0.500. The van der Waals surface area contributed by atoms with Crippen LogP contribution in [0.1, 0.15) is 48.5 Å². The van der Waals surface area contributed by atoms with Crippen molar-refractivity contribution >= 4 is 17.7 Å². The molecular weight excluding hydrogens is 445 g/mol. The van der Waals surface area contributed by atoms with E-state index in [-0.39, 0.29) is 17.8 Å². The number of urea groups is 1. The van der Waals surface area contributed by atoms with Crippen LogP contribution in [0.2, 0.25) is 0 Å². The van der Waals surface area contributed by atoms with E-state index in [1.54, 1.807) is 43.3 Å². The highest BCUT2D eigenvalue weighted by Crippen LogP contribution is 2.25. The number of nitrogens with one attached hydrogen (secondary N) is 1. The molecule has 2 heterocycles. The third kappa shape index (κ3) is 7.28. The monoisotopic (exact) mass is 481 g/mol. The Morgan fingerprint density at radius 1 is 1.03 bits per heavy atom. The Labute approximate surface area is 207 Å². The van der Waals surface area contributed by atoms with Crippen molar-refractivity contribution < 1.29 is 18.7 Å². The van der Waals surface area contributed by atoms with Gasteiger partial charge >= 0.3 is 12.0 Å². The van der Waals surface area contributed by atoms with Crippen LogP contribution in [0.5, 0.6) is 0 Å². The Morgan fingerprint density at radius 2 is 1.80 bits per heavy atom. The Morgan fingerprint density at radius 3 is 2.54 bits per heavy atom. The van der Waals surface area contributed by atoms with E-state index in [2.05, 4.69) is 10.2 Å². The van der Waals surface area contributed by atoms with Crippen molar-refractivity contribution in [3.63, 3.8) is 0 Å². The minimum atomic E-state index is -0.386. The quantitative estimate of drug-likeness (QED) is 0.552. The van der Waals surface area contributed by atoms with Gasteiger partial charge in [-0.05, 0) is 99.8 Å². The average Bonchev–Trinajstić information content (AvgIpc) is 2.87. The molecule has 1 N–H and O–H groups in total. The van der Waals surface area contributed by atoms with Crippen molar-refractivity contribution in [2.24, 2.45) is 11.8 Å². The standard InChI is InChI=1S/C28H36FN3O3/c1-2-35-27(33)24-6-3-7-26(18-24)30-28(34)32-14-4-5-23(20-32)19-31-15-12-22(13-16-31)17-21-8-10-25(29)11-9-21/h3,6-11,18,22-23H,2,4-5,12-17,19-20H2,1H3,(H,30,34). The predicted octanol–water partition coefficient (Wildman–Crippen LogP) is 5.20. The zero-order valence-electron chi connectivity index (χ0n) is 20.5.